The summed E-state index contributed by atoms with van der Waals surface area (Å²) in [6.07, 6.45) is 3.31. The lowest BCUT2D eigenvalue weighted by Crippen LogP contribution is -2.46. The monoisotopic (exact) mass is 288 g/mol. The van der Waals surface area contributed by atoms with E-state index in [0.717, 1.165) is 31.7 Å². The third-order valence-corrected chi connectivity index (χ3v) is 3.58. The van der Waals surface area contributed by atoms with Gasteiger partial charge in [-0.1, -0.05) is 12.1 Å². The van der Waals surface area contributed by atoms with Crippen LogP contribution in [-0.2, 0) is 6.54 Å². The number of hydrogen-bond acceptors (Lipinski definition) is 4. The van der Waals surface area contributed by atoms with E-state index < -0.39 is 0 Å². The first-order valence-corrected chi connectivity index (χ1v) is 6.99. The van der Waals surface area contributed by atoms with Crippen LogP contribution in [0.2, 0.25) is 0 Å². The van der Waals surface area contributed by atoms with Crippen LogP contribution in [0.1, 0.15) is 5.56 Å². The van der Waals surface area contributed by atoms with Crippen LogP contribution in [0, 0.1) is 5.82 Å². The van der Waals surface area contributed by atoms with Crippen LogP contribution >= 0.6 is 0 Å². The summed E-state index contributed by atoms with van der Waals surface area (Å²) in [5.74, 6) is 0.212. The van der Waals surface area contributed by atoms with Gasteiger partial charge in [0.1, 0.15) is 5.82 Å². The summed E-state index contributed by atoms with van der Waals surface area (Å²) in [6, 6.07) is 6.18. The average Bonchev–Trinajstić information content (AvgIpc) is 2.52. The number of hydrogen-bond donors (Lipinski definition) is 1. The molecule has 1 aromatic carbocycles. The zero-order chi connectivity index (χ0) is 14.7. The molecule has 1 aliphatic rings. The molecule has 0 saturated carbocycles. The maximum Gasteiger partial charge on any atom is 0.293 e. The van der Waals surface area contributed by atoms with Crippen molar-refractivity contribution < 1.29 is 4.39 Å². The maximum absolute atomic E-state index is 12.9. The molecule has 2 aromatic rings. The Morgan fingerprint density at radius 1 is 1.19 bits per heavy atom. The molecule has 1 N–H and O–H groups in total. The van der Waals surface area contributed by atoms with Gasteiger partial charge in [0.25, 0.3) is 5.56 Å². The minimum absolute atomic E-state index is 0.108. The van der Waals surface area contributed by atoms with E-state index in [9.17, 15) is 9.18 Å². The predicted molar refractivity (Wildman–Crippen MR) is 79.1 cm³/mol. The molecule has 0 atom stereocenters. The Kier molecular flexibility index (Phi) is 3.96. The van der Waals surface area contributed by atoms with Crippen LogP contribution in [0.15, 0.2) is 41.5 Å². The van der Waals surface area contributed by atoms with Gasteiger partial charge in [-0.2, -0.15) is 0 Å². The Labute approximate surface area is 122 Å². The molecule has 2 heterocycles. The first-order valence-electron chi connectivity index (χ1n) is 6.99. The Bertz CT molecular complexity index is 662. The standard InChI is InChI=1S/C15H17FN4O/c16-13-3-1-12(2-4-13)11-20-10-7-18-14(15(20)21)19-8-5-17-6-9-19/h1-4,7,10,17H,5-6,8-9,11H2. The van der Waals surface area contributed by atoms with Gasteiger partial charge in [-0.25, -0.2) is 9.37 Å². The van der Waals surface area contributed by atoms with Gasteiger partial charge >= 0.3 is 0 Å². The van der Waals surface area contributed by atoms with Gasteiger partial charge in [0.2, 0.25) is 0 Å². The van der Waals surface area contributed by atoms with Gasteiger partial charge in [-0.05, 0) is 17.7 Å². The third-order valence-electron chi connectivity index (χ3n) is 3.58. The Balaban J connectivity index is 1.86. The molecule has 0 aliphatic carbocycles. The molecule has 3 rings (SSSR count). The van der Waals surface area contributed by atoms with E-state index >= 15 is 0 Å². The molecular formula is C15H17FN4O. The summed E-state index contributed by atoms with van der Waals surface area (Å²) in [6.45, 7) is 3.69. The van der Waals surface area contributed by atoms with Crippen LogP contribution in [-0.4, -0.2) is 35.7 Å². The molecule has 0 spiro atoms. The number of nitrogens with zero attached hydrogens (tertiary/aromatic N) is 3. The lowest BCUT2D eigenvalue weighted by Gasteiger charge is -2.27. The number of aromatic nitrogens is 2. The number of benzene rings is 1. The van der Waals surface area contributed by atoms with Crippen LogP contribution in [0.3, 0.4) is 0 Å². The molecule has 21 heavy (non-hydrogen) atoms. The van der Waals surface area contributed by atoms with E-state index in [-0.39, 0.29) is 11.4 Å². The van der Waals surface area contributed by atoms with Crippen LogP contribution < -0.4 is 15.8 Å². The fraction of sp³-hybridized carbons (Fsp3) is 0.333. The Morgan fingerprint density at radius 3 is 2.62 bits per heavy atom. The molecular weight excluding hydrogens is 271 g/mol. The van der Waals surface area contributed by atoms with Crippen molar-refractivity contribution in [1.29, 1.82) is 0 Å². The summed E-state index contributed by atoms with van der Waals surface area (Å²) in [5, 5.41) is 3.25. The van der Waals surface area contributed by atoms with E-state index in [1.807, 2.05) is 4.90 Å². The van der Waals surface area contributed by atoms with Gasteiger partial charge in [0, 0.05) is 38.6 Å². The lowest BCUT2D eigenvalue weighted by atomic mass is 10.2. The van der Waals surface area contributed by atoms with E-state index in [1.165, 1.54) is 12.1 Å². The van der Waals surface area contributed by atoms with Crippen molar-refractivity contribution in [2.75, 3.05) is 31.1 Å². The molecule has 0 unspecified atom stereocenters. The van der Waals surface area contributed by atoms with E-state index in [0.29, 0.717) is 12.4 Å². The van der Waals surface area contributed by atoms with Crippen molar-refractivity contribution >= 4 is 5.82 Å². The number of halogens is 1. The largest absolute Gasteiger partial charge is 0.349 e. The van der Waals surface area contributed by atoms with Gasteiger partial charge in [0.15, 0.2) is 5.82 Å². The summed E-state index contributed by atoms with van der Waals surface area (Å²) >= 11 is 0. The molecule has 6 heteroatoms. The highest BCUT2D eigenvalue weighted by atomic mass is 19.1. The second-order valence-electron chi connectivity index (χ2n) is 5.05. The number of piperazine rings is 1. The van der Waals surface area contributed by atoms with Crippen LogP contribution in [0.4, 0.5) is 10.2 Å². The Morgan fingerprint density at radius 2 is 1.90 bits per heavy atom. The second kappa shape index (κ2) is 6.05. The van der Waals surface area contributed by atoms with E-state index in [4.69, 9.17) is 0 Å². The first-order chi connectivity index (χ1) is 10.2. The number of rotatable bonds is 3. The summed E-state index contributed by atoms with van der Waals surface area (Å²) in [7, 11) is 0. The van der Waals surface area contributed by atoms with Gasteiger partial charge in [0.05, 0.1) is 6.54 Å². The first kappa shape index (κ1) is 13.8. The summed E-state index contributed by atoms with van der Waals surface area (Å²) < 4.78 is 14.5. The third kappa shape index (κ3) is 3.11. The molecule has 1 aromatic heterocycles. The zero-order valence-corrected chi connectivity index (χ0v) is 11.6. The molecule has 0 radical (unpaired) electrons. The molecule has 0 amide bonds. The lowest BCUT2D eigenvalue weighted by molar-refractivity contribution is 0.579. The summed E-state index contributed by atoms with van der Waals surface area (Å²) in [5.41, 5.74) is 0.777. The minimum Gasteiger partial charge on any atom is -0.349 e. The molecule has 5 nitrogen and oxygen atoms in total. The molecule has 1 saturated heterocycles. The maximum atomic E-state index is 12.9. The zero-order valence-electron chi connectivity index (χ0n) is 11.6. The van der Waals surface area contributed by atoms with Crippen LogP contribution in [0.25, 0.3) is 0 Å². The SMILES string of the molecule is O=c1c(N2CCNCC2)nccn1Cc1ccc(F)cc1. The van der Waals surface area contributed by atoms with Gasteiger partial charge in [-0.3, -0.25) is 4.79 Å². The van der Waals surface area contributed by atoms with Crippen molar-refractivity contribution in [2.45, 2.75) is 6.54 Å². The quantitative estimate of drug-likeness (QED) is 0.909. The highest BCUT2D eigenvalue weighted by molar-refractivity contribution is 5.36. The Hall–Kier alpha value is -2.21. The minimum atomic E-state index is -0.276. The normalized spacial score (nSPS) is 15.2. The van der Waals surface area contributed by atoms with Crippen molar-refractivity contribution in [3.05, 3.63) is 58.4 Å². The molecule has 1 fully saturated rings. The average molecular weight is 288 g/mol. The van der Waals surface area contributed by atoms with Gasteiger partial charge < -0.3 is 14.8 Å². The number of anilines is 1. The van der Waals surface area contributed by atoms with Crippen LogP contribution in [0.5, 0.6) is 0 Å². The fourth-order valence-corrected chi connectivity index (χ4v) is 2.44. The van der Waals surface area contributed by atoms with Crippen molar-refractivity contribution in [2.24, 2.45) is 0 Å². The summed E-state index contributed by atoms with van der Waals surface area (Å²) in [4.78, 5) is 18.7. The van der Waals surface area contributed by atoms with Crippen molar-refractivity contribution in [1.82, 2.24) is 14.9 Å². The number of nitrogens with one attached hydrogen (secondary N) is 1. The highest BCUT2D eigenvalue weighted by Gasteiger charge is 2.16. The second-order valence-corrected chi connectivity index (χ2v) is 5.05. The molecule has 0 bridgehead atoms. The topological polar surface area (TPSA) is 50.2 Å². The molecule has 110 valence electrons. The van der Waals surface area contributed by atoms with E-state index in [1.54, 1.807) is 29.1 Å². The van der Waals surface area contributed by atoms with Crippen molar-refractivity contribution in [3.63, 3.8) is 0 Å². The van der Waals surface area contributed by atoms with Gasteiger partial charge in [-0.15, -0.1) is 0 Å². The van der Waals surface area contributed by atoms with Crippen molar-refractivity contribution in [3.8, 4) is 0 Å². The molecule has 1 aliphatic heterocycles. The predicted octanol–water partition coefficient (Wildman–Crippen LogP) is 0.840. The van der Waals surface area contributed by atoms with E-state index in [2.05, 4.69) is 10.3 Å². The fourth-order valence-electron chi connectivity index (χ4n) is 2.44. The smallest absolute Gasteiger partial charge is 0.293 e. The highest BCUT2D eigenvalue weighted by Crippen LogP contribution is 2.07.